The van der Waals surface area contributed by atoms with Crippen LogP contribution in [0.2, 0.25) is 0 Å². The lowest BCUT2D eigenvalue weighted by atomic mass is 9.92. The number of aromatic nitrogens is 2. The standard InChI is InChI=1S/C24H27BrClN3O2.H2O/c1-13-9-18(25)10-14(2)22(13)29-12-15(3)20-19(11-16(4)27-23(20)29)28-7-5-17(6-8-28)21(26)24(30)31;/h9-12,17,21H,5-8H2,1-4H3,(H,30,31);1H2. The summed E-state index contributed by atoms with van der Waals surface area (Å²) in [6.07, 6.45) is 3.72. The van der Waals surface area contributed by atoms with E-state index in [4.69, 9.17) is 16.6 Å². The van der Waals surface area contributed by atoms with Gasteiger partial charge in [0.2, 0.25) is 0 Å². The summed E-state index contributed by atoms with van der Waals surface area (Å²) in [4.78, 5) is 18.6. The lowest BCUT2D eigenvalue weighted by Crippen LogP contribution is -2.38. The molecule has 4 rings (SSSR count). The van der Waals surface area contributed by atoms with Crippen molar-refractivity contribution in [1.82, 2.24) is 9.55 Å². The molecule has 0 bridgehead atoms. The van der Waals surface area contributed by atoms with E-state index in [2.05, 4.69) is 70.6 Å². The third kappa shape index (κ3) is 4.38. The van der Waals surface area contributed by atoms with Crippen molar-refractivity contribution < 1.29 is 15.4 Å². The van der Waals surface area contributed by atoms with Gasteiger partial charge in [0.15, 0.2) is 0 Å². The molecule has 3 heterocycles. The summed E-state index contributed by atoms with van der Waals surface area (Å²) >= 11 is 9.71. The van der Waals surface area contributed by atoms with Gasteiger partial charge in [-0.25, -0.2) is 4.98 Å². The molecule has 1 aliphatic rings. The number of pyridine rings is 1. The van der Waals surface area contributed by atoms with E-state index in [-0.39, 0.29) is 11.4 Å². The summed E-state index contributed by atoms with van der Waals surface area (Å²) < 4.78 is 3.29. The van der Waals surface area contributed by atoms with E-state index in [9.17, 15) is 9.90 Å². The number of hydrogen-bond acceptors (Lipinski definition) is 3. The van der Waals surface area contributed by atoms with Crippen LogP contribution in [0.15, 0.2) is 28.9 Å². The van der Waals surface area contributed by atoms with Crippen molar-refractivity contribution in [3.8, 4) is 5.69 Å². The van der Waals surface area contributed by atoms with Crippen LogP contribution in [0.1, 0.15) is 35.2 Å². The number of fused-ring (bicyclic) bond motifs is 1. The van der Waals surface area contributed by atoms with Gasteiger partial charge in [0.25, 0.3) is 0 Å². The zero-order valence-corrected chi connectivity index (χ0v) is 21.1. The van der Waals surface area contributed by atoms with Crippen molar-refractivity contribution in [3.05, 3.63) is 51.3 Å². The number of carbonyl (C=O) groups is 1. The fourth-order valence-corrected chi connectivity index (χ4v) is 5.79. The molecular weight excluding hydrogens is 494 g/mol. The minimum Gasteiger partial charge on any atom is -0.480 e. The number of carboxylic acid groups (broad SMARTS) is 1. The maximum Gasteiger partial charge on any atom is 0.321 e. The summed E-state index contributed by atoms with van der Waals surface area (Å²) in [6, 6.07) is 6.42. The van der Waals surface area contributed by atoms with Crippen LogP contribution in [-0.2, 0) is 4.79 Å². The molecule has 0 radical (unpaired) electrons. The summed E-state index contributed by atoms with van der Waals surface area (Å²) in [5.74, 6) is -0.914. The highest BCUT2D eigenvalue weighted by atomic mass is 79.9. The summed E-state index contributed by atoms with van der Waals surface area (Å²) in [5.41, 5.74) is 7.83. The smallest absolute Gasteiger partial charge is 0.321 e. The third-order valence-electron chi connectivity index (χ3n) is 6.28. The van der Waals surface area contributed by atoms with Crippen molar-refractivity contribution >= 4 is 50.2 Å². The van der Waals surface area contributed by atoms with E-state index in [0.29, 0.717) is 0 Å². The molecule has 0 aliphatic carbocycles. The molecule has 6 nitrogen and oxygen atoms in total. The Morgan fingerprint density at radius 2 is 1.72 bits per heavy atom. The van der Waals surface area contributed by atoms with Gasteiger partial charge < -0.3 is 20.0 Å². The van der Waals surface area contributed by atoms with Crippen LogP contribution in [0.5, 0.6) is 0 Å². The highest BCUT2D eigenvalue weighted by Crippen LogP contribution is 2.37. The average Bonchev–Trinajstić information content (AvgIpc) is 3.02. The Hall–Kier alpha value is -2.09. The van der Waals surface area contributed by atoms with Crippen molar-refractivity contribution in [3.63, 3.8) is 0 Å². The van der Waals surface area contributed by atoms with Crippen molar-refractivity contribution in [1.29, 1.82) is 0 Å². The number of alkyl halides is 1. The van der Waals surface area contributed by atoms with Crippen molar-refractivity contribution in [2.45, 2.75) is 45.9 Å². The number of carboxylic acids is 1. The van der Waals surface area contributed by atoms with Crippen LogP contribution in [0.4, 0.5) is 5.69 Å². The van der Waals surface area contributed by atoms with Crippen LogP contribution in [0.25, 0.3) is 16.7 Å². The Morgan fingerprint density at radius 3 is 2.28 bits per heavy atom. The van der Waals surface area contributed by atoms with E-state index in [1.807, 2.05) is 6.92 Å². The minimum atomic E-state index is -0.921. The number of nitrogens with zero attached hydrogens (tertiary/aromatic N) is 3. The minimum absolute atomic E-state index is 0. The molecule has 1 aromatic carbocycles. The number of anilines is 1. The molecule has 1 aliphatic heterocycles. The van der Waals surface area contributed by atoms with Gasteiger partial charge in [-0.3, -0.25) is 4.79 Å². The van der Waals surface area contributed by atoms with Gasteiger partial charge in [-0.2, -0.15) is 0 Å². The first-order valence-corrected chi connectivity index (χ1v) is 11.8. The van der Waals surface area contributed by atoms with Gasteiger partial charge in [0.1, 0.15) is 11.0 Å². The summed E-state index contributed by atoms with van der Waals surface area (Å²) in [5, 5.41) is 9.59. The number of aryl methyl sites for hydroxylation is 4. The van der Waals surface area contributed by atoms with E-state index < -0.39 is 11.3 Å². The number of benzene rings is 1. The van der Waals surface area contributed by atoms with Gasteiger partial charge in [-0.1, -0.05) is 15.9 Å². The molecule has 0 spiro atoms. The molecule has 1 fully saturated rings. The van der Waals surface area contributed by atoms with E-state index in [0.717, 1.165) is 52.8 Å². The monoisotopic (exact) mass is 521 g/mol. The molecule has 2 aromatic heterocycles. The quantitative estimate of drug-likeness (QED) is 0.482. The van der Waals surface area contributed by atoms with Crippen molar-refractivity contribution in [2.24, 2.45) is 5.92 Å². The number of rotatable bonds is 4. The maximum atomic E-state index is 11.3. The van der Waals surface area contributed by atoms with Gasteiger partial charge in [-0.15, -0.1) is 11.6 Å². The normalized spacial score (nSPS) is 15.6. The Balaban J connectivity index is 0.00000289. The van der Waals surface area contributed by atoms with E-state index >= 15 is 0 Å². The zero-order valence-electron chi connectivity index (χ0n) is 18.7. The highest BCUT2D eigenvalue weighted by Gasteiger charge is 2.31. The molecule has 172 valence electrons. The first-order valence-electron chi connectivity index (χ1n) is 10.6. The zero-order chi connectivity index (χ0) is 22.4. The van der Waals surface area contributed by atoms with E-state index in [1.165, 1.54) is 22.4 Å². The van der Waals surface area contributed by atoms with Gasteiger partial charge in [-0.05, 0) is 81.3 Å². The highest BCUT2D eigenvalue weighted by molar-refractivity contribution is 9.10. The first kappa shape index (κ1) is 24.6. The van der Waals surface area contributed by atoms with Crippen molar-refractivity contribution in [2.75, 3.05) is 18.0 Å². The molecule has 8 heteroatoms. The molecule has 32 heavy (non-hydrogen) atoms. The second-order valence-corrected chi connectivity index (χ2v) is 10.0. The van der Waals surface area contributed by atoms with Crippen LogP contribution in [-0.4, -0.2) is 44.6 Å². The predicted molar refractivity (Wildman–Crippen MR) is 134 cm³/mol. The lowest BCUT2D eigenvalue weighted by Gasteiger charge is -2.35. The van der Waals surface area contributed by atoms with Gasteiger partial charge >= 0.3 is 5.97 Å². The molecule has 0 amide bonds. The molecule has 0 saturated carbocycles. The average molecular weight is 523 g/mol. The summed E-state index contributed by atoms with van der Waals surface area (Å²) in [7, 11) is 0. The number of piperidine rings is 1. The lowest BCUT2D eigenvalue weighted by molar-refractivity contribution is -0.137. The topological polar surface area (TPSA) is 89.9 Å². The Morgan fingerprint density at radius 1 is 1.12 bits per heavy atom. The first-order chi connectivity index (χ1) is 14.7. The predicted octanol–water partition coefficient (Wildman–Crippen LogP) is 5.11. The molecule has 1 saturated heterocycles. The second kappa shape index (κ2) is 9.41. The Kier molecular flexibility index (Phi) is 7.22. The van der Waals surface area contributed by atoms with Gasteiger partial charge in [0, 0.05) is 40.5 Å². The van der Waals surface area contributed by atoms with Crippen LogP contribution < -0.4 is 4.90 Å². The molecule has 1 unspecified atom stereocenters. The van der Waals surface area contributed by atoms with E-state index in [1.54, 1.807) is 0 Å². The van der Waals surface area contributed by atoms with Crippen LogP contribution in [0.3, 0.4) is 0 Å². The van der Waals surface area contributed by atoms with Crippen LogP contribution in [0, 0.1) is 33.6 Å². The largest absolute Gasteiger partial charge is 0.480 e. The van der Waals surface area contributed by atoms with Crippen LogP contribution >= 0.6 is 27.5 Å². The second-order valence-electron chi connectivity index (χ2n) is 8.62. The number of halogens is 2. The molecule has 3 N–H and O–H groups in total. The Labute approximate surface area is 201 Å². The SMILES string of the molecule is Cc1cc(N2CCC(C(Cl)C(=O)O)CC2)c2c(C)cn(-c3c(C)cc(Br)cc3C)c2n1.O. The fraction of sp³-hybridized carbons (Fsp3) is 0.417. The molecule has 1 atom stereocenters. The summed E-state index contributed by atoms with van der Waals surface area (Å²) in [6.45, 7) is 10.0. The third-order valence-corrected chi connectivity index (χ3v) is 7.28. The fourth-order valence-electron chi connectivity index (χ4n) is 4.85. The maximum absolute atomic E-state index is 11.3. The Bertz CT molecular complexity index is 1150. The molecule has 3 aromatic rings. The molecular formula is C24H29BrClN3O3. The number of hydrogen-bond donors (Lipinski definition) is 1. The number of aliphatic carboxylic acids is 1. The van der Waals surface area contributed by atoms with Gasteiger partial charge in [0.05, 0.1) is 5.69 Å².